The number of carbonyl (C=O) groups is 1. The molecule has 0 heterocycles. The van der Waals surface area contributed by atoms with Gasteiger partial charge in [-0.05, 0) is 18.4 Å². The molecule has 0 amide bonds. The van der Waals surface area contributed by atoms with Crippen molar-refractivity contribution < 1.29 is 14.6 Å². The highest BCUT2D eigenvalue weighted by Gasteiger charge is 2.59. The first-order valence-electron chi connectivity index (χ1n) is 6.83. The summed E-state index contributed by atoms with van der Waals surface area (Å²) in [4.78, 5) is 33.7. The summed E-state index contributed by atoms with van der Waals surface area (Å²) in [6.45, 7) is -0.614. The third kappa shape index (κ3) is 2.76. The van der Waals surface area contributed by atoms with Crippen molar-refractivity contribution in [1.82, 2.24) is 0 Å². The molecule has 0 radical (unpaired) electrons. The van der Waals surface area contributed by atoms with Gasteiger partial charge in [0.1, 0.15) is 5.92 Å². The number of nitrogens with zero attached hydrogens (tertiary/aromatic N) is 2. The van der Waals surface area contributed by atoms with Gasteiger partial charge in [-0.25, -0.2) is 0 Å². The number of carbonyl (C=O) groups excluding carboxylic acids is 1. The molecule has 1 saturated carbocycles. The zero-order chi connectivity index (χ0) is 15.5. The topological polar surface area (TPSA) is 103 Å². The molecule has 112 valence electrons. The number of hydrogen-bond acceptors (Lipinski definition) is 5. The molecule has 2 unspecified atom stereocenters. The minimum absolute atomic E-state index is 0.0617. The Balaban J connectivity index is 2.53. The maximum atomic E-state index is 12.3. The molecule has 2 rings (SSSR count). The van der Waals surface area contributed by atoms with Crippen molar-refractivity contribution in [2.75, 3.05) is 6.54 Å². The number of ketones is 1. The Morgan fingerprint density at radius 1 is 1.14 bits per heavy atom. The van der Waals surface area contributed by atoms with Crippen molar-refractivity contribution in [2.24, 2.45) is 0 Å². The summed E-state index contributed by atoms with van der Waals surface area (Å²) in [6.07, 6.45) is 1.32. The van der Waals surface area contributed by atoms with Gasteiger partial charge in [-0.2, -0.15) is 0 Å². The second-order valence-electron chi connectivity index (χ2n) is 5.29. The van der Waals surface area contributed by atoms with Crippen LogP contribution in [0.1, 0.15) is 37.2 Å². The molecular formula is C14H16N2O5. The fourth-order valence-corrected chi connectivity index (χ4v) is 3.09. The molecule has 0 aliphatic heterocycles. The third-order valence-corrected chi connectivity index (χ3v) is 4.13. The summed E-state index contributed by atoms with van der Waals surface area (Å²) in [5.74, 6) is -1.52. The van der Waals surface area contributed by atoms with Gasteiger partial charge in [-0.3, -0.25) is 25.0 Å². The first-order chi connectivity index (χ1) is 9.98. The smallest absolute Gasteiger partial charge is 0.292 e. The largest absolute Gasteiger partial charge is 0.292 e. The van der Waals surface area contributed by atoms with Gasteiger partial charge in [-0.15, -0.1) is 0 Å². The van der Waals surface area contributed by atoms with E-state index in [0.29, 0.717) is 18.4 Å². The highest BCUT2D eigenvalue weighted by molar-refractivity contribution is 5.89. The minimum atomic E-state index is -1.87. The van der Waals surface area contributed by atoms with Gasteiger partial charge in [0, 0.05) is 22.7 Å². The van der Waals surface area contributed by atoms with Crippen LogP contribution in [-0.4, -0.2) is 27.7 Å². The second-order valence-corrected chi connectivity index (χ2v) is 5.29. The summed E-state index contributed by atoms with van der Waals surface area (Å²) in [5, 5.41) is 22.6. The van der Waals surface area contributed by atoms with Gasteiger partial charge in [0.05, 0.1) is 0 Å². The van der Waals surface area contributed by atoms with Crippen LogP contribution < -0.4 is 0 Å². The van der Waals surface area contributed by atoms with Crippen molar-refractivity contribution in [3.05, 3.63) is 56.1 Å². The lowest BCUT2D eigenvalue weighted by Gasteiger charge is -2.32. The number of rotatable bonds is 5. The Hall–Kier alpha value is -2.31. The first kappa shape index (κ1) is 15.1. The SMILES string of the molecule is O=C1CCCCC1(C(C[N+](=O)[O-])c1ccccc1)[N+](=O)[O-]. The summed E-state index contributed by atoms with van der Waals surface area (Å²) in [5.41, 5.74) is -1.40. The van der Waals surface area contributed by atoms with Crippen molar-refractivity contribution in [1.29, 1.82) is 0 Å². The van der Waals surface area contributed by atoms with Crippen LogP contribution >= 0.6 is 0 Å². The minimum Gasteiger partial charge on any atom is -0.292 e. The first-order valence-corrected chi connectivity index (χ1v) is 6.83. The Morgan fingerprint density at radius 2 is 1.81 bits per heavy atom. The summed E-state index contributed by atoms with van der Waals surface area (Å²) >= 11 is 0. The Morgan fingerprint density at radius 3 is 2.33 bits per heavy atom. The lowest BCUT2D eigenvalue weighted by atomic mass is 9.69. The predicted octanol–water partition coefficient (Wildman–Crippen LogP) is 2.21. The fourth-order valence-electron chi connectivity index (χ4n) is 3.09. The van der Waals surface area contributed by atoms with E-state index in [0.717, 1.165) is 0 Å². The molecule has 0 saturated heterocycles. The van der Waals surface area contributed by atoms with E-state index < -0.39 is 33.6 Å². The molecule has 21 heavy (non-hydrogen) atoms. The van der Waals surface area contributed by atoms with Crippen LogP contribution in [0.15, 0.2) is 30.3 Å². The molecule has 1 aliphatic carbocycles. The van der Waals surface area contributed by atoms with Gasteiger partial charge >= 0.3 is 0 Å². The summed E-state index contributed by atoms with van der Waals surface area (Å²) in [6, 6.07) is 8.29. The number of nitro groups is 2. The third-order valence-electron chi connectivity index (χ3n) is 4.13. The average Bonchev–Trinajstić information content (AvgIpc) is 2.46. The van der Waals surface area contributed by atoms with Crippen LogP contribution in [-0.2, 0) is 4.79 Å². The highest BCUT2D eigenvalue weighted by atomic mass is 16.6. The second kappa shape index (κ2) is 5.99. The quantitative estimate of drug-likeness (QED) is 0.611. The van der Waals surface area contributed by atoms with Crippen molar-refractivity contribution in [3.8, 4) is 0 Å². The van der Waals surface area contributed by atoms with E-state index in [9.17, 15) is 25.0 Å². The van der Waals surface area contributed by atoms with Crippen LogP contribution in [0.3, 0.4) is 0 Å². The van der Waals surface area contributed by atoms with Crippen LogP contribution in [0.2, 0.25) is 0 Å². The van der Waals surface area contributed by atoms with Crippen LogP contribution in [0.4, 0.5) is 0 Å². The molecule has 2 atom stereocenters. The van der Waals surface area contributed by atoms with Gasteiger partial charge in [0.15, 0.2) is 0 Å². The monoisotopic (exact) mass is 292 g/mol. The lowest BCUT2D eigenvalue weighted by molar-refractivity contribution is -0.574. The molecule has 1 aromatic carbocycles. The molecule has 0 N–H and O–H groups in total. The number of Topliss-reactive ketones (excluding diaryl/α,β-unsaturated/α-hetero) is 1. The van der Waals surface area contributed by atoms with E-state index in [1.54, 1.807) is 30.3 Å². The zero-order valence-corrected chi connectivity index (χ0v) is 11.4. The molecule has 0 bridgehead atoms. The average molecular weight is 292 g/mol. The van der Waals surface area contributed by atoms with E-state index >= 15 is 0 Å². The summed E-state index contributed by atoms with van der Waals surface area (Å²) < 4.78 is 0. The molecule has 1 fully saturated rings. The Kier molecular flexibility index (Phi) is 4.30. The van der Waals surface area contributed by atoms with Crippen LogP contribution in [0, 0.1) is 20.2 Å². The van der Waals surface area contributed by atoms with E-state index in [4.69, 9.17) is 0 Å². The molecule has 0 spiro atoms. The van der Waals surface area contributed by atoms with Gasteiger partial charge in [0.25, 0.3) is 5.54 Å². The maximum absolute atomic E-state index is 12.3. The van der Waals surface area contributed by atoms with Gasteiger partial charge < -0.3 is 0 Å². The summed E-state index contributed by atoms with van der Waals surface area (Å²) in [7, 11) is 0. The number of hydrogen-bond donors (Lipinski definition) is 0. The molecule has 1 aliphatic rings. The highest BCUT2D eigenvalue weighted by Crippen LogP contribution is 2.40. The number of benzene rings is 1. The van der Waals surface area contributed by atoms with Crippen molar-refractivity contribution in [2.45, 2.75) is 37.1 Å². The van der Waals surface area contributed by atoms with Gasteiger partial charge in [-0.1, -0.05) is 30.3 Å². The van der Waals surface area contributed by atoms with E-state index in [1.807, 2.05) is 0 Å². The molecule has 7 nitrogen and oxygen atoms in total. The van der Waals surface area contributed by atoms with Crippen LogP contribution in [0.5, 0.6) is 0 Å². The molecule has 1 aromatic rings. The maximum Gasteiger partial charge on any atom is 0.292 e. The normalized spacial score (nSPS) is 23.5. The standard InChI is InChI=1S/C14H16N2O5/c17-13-8-4-5-9-14(13,16(20)21)12(10-15(18)19)11-6-2-1-3-7-11/h1-3,6-7,12H,4-5,8-10H2. The van der Waals surface area contributed by atoms with Crippen molar-refractivity contribution in [3.63, 3.8) is 0 Å². The Labute approximate surface area is 121 Å². The van der Waals surface area contributed by atoms with Crippen molar-refractivity contribution >= 4 is 5.78 Å². The molecule has 0 aromatic heterocycles. The molecule has 7 heteroatoms. The Bertz CT molecular complexity index is 560. The predicted molar refractivity (Wildman–Crippen MR) is 74.2 cm³/mol. The molecular weight excluding hydrogens is 276 g/mol. The van der Waals surface area contributed by atoms with E-state index in [2.05, 4.69) is 0 Å². The lowest BCUT2D eigenvalue weighted by Crippen LogP contribution is -2.54. The zero-order valence-electron chi connectivity index (χ0n) is 11.4. The van der Waals surface area contributed by atoms with E-state index in [-0.39, 0.29) is 12.8 Å². The van der Waals surface area contributed by atoms with Gasteiger partial charge in [0.2, 0.25) is 12.3 Å². The van der Waals surface area contributed by atoms with Crippen LogP contribution in [0.25, 0.3) is 0 Å². The fraction of sp³-hybridized carbons (Fsp3) is 0.500. The van der Waals surface area contributed by atoms with E-state index in [1.165, 1.54) is 0 Å².